The summed E-state index contributed by atoms with van der Waals surface area (Å²) in [6.07, 6.45) is 5.08. The van der Waals surface area contributed by atoms with Gasteiger partial charge in [-0.25, -0.2) is 4.79 Å². The molecule has 2 rings (SSSR count). The fourth-order valence-electron chi connectivity index (χ4n) is 2.33. The van der Waals surface area contributed by atoms with Gasteiger partial charge in [0.05, 0.1) is 30.8 Å². The monoisotopic (exact) mass is 315 g/mol. The zero-order valence-corrected chi connectivity index (χ0v) is 13.5. The summed E-state index contributed by atoms with van der Waals surface area (Å²) in [7, 11) is 1.31. The fourth-order valence-corrected chi connectivity index (χ4v) is 2.33. The lowest BCUT2D eigenvalue weighted by atomic mass is 10.1. The number of ether oxygens (including phenoxy) is 1. The third-order valence-corrected chi connectivity index (χ3v) is 3.59. The van der Waals surface area contributed by atoms with Gasteiger partial charge < -0.3 is 14.1 Å². The molecule has 1 heterocycles. The van der Waals surface area contributed by atoms with Crippen molar-refractivity contribution >= 4 is 11.9 Å². The number of furan rings is 1. The second kappa shape index (κ2) is 8.17. The molecule has 5 heteroatoms. The molecule has 0 saturated heterocycles. The first-order valence-corrected chi connectivity index (χ1v) is 7.65. The average molecular weight is 315 g/mol. The number of unbranched alkanes of at least 4 members (excludes halogenated alkanes) is 1. The molecular weight excluding hydrogens is 294 g/mol. The van der Waals surface area contributed by atoms with Gasteiger partial charge in [-0.2, -0.15) is 0 Å². The molecule has 0 aliphatic heterocycles. The second-order valence-corrected chi connectivity index (χ2v) is 5.25. The SMILES string of the molecule is CCCCN(Cc1ccoc1)C(=O)c1ccccc1C(=O)OC. The first-order chi connectivity index (χ1) is 11.2. The predicted molar refractivity (Wildman–Crippen MR) is 86.1 cm³/mol. The molecule has 0 fully saturated rings. The van der Waals surface area contributed by atoms with Crippen molar-refractivity contribution in [1.29, 1.82) is 0 Å². The lowest BCUT2D eigenvalue weighted by Crippen LogP contribution is -2.32. The van der Waals surface area contributed by atoms with E-state index >= 15 is 0 Å². The van der Waals surface area contributed by atoms with Crippen molar-refractivity contribution in [2.24, 2.45) is 0 Å². The van der Waals surface area contributed by atoms with E-state index in [4.69, 9.17) is 9.15 Å². The van der Waals surface area contributed by atoms with Crippen LogP contribution >= 0.6 is 0 Å². The Hall–Kier alpha value is -2.56. The predicted octanol–water partition coefficient (Wildman–Crippen LogP) is 3.51. The molecule has 0 unspecified atom stereocenters. The van der Waals surface area contributed by atoms with Gasteiger partial charge in [0.2, 0.25) is 0 Å². The Bertz CT molecular complexity index is 649. The number of carbonyl (C=O) groups is 2. The van der Waals surface area contributed by atoms with Gasteiger partial charge in [-0.1, -0.05) is 25.5 Å². The van der Waals surface area contributed by atoms with E-state index in [2.05, 4.69) is 6.92 Å². The largest absolute Gasteiger partial charge is 0.472 e. The molecule has 23 heavy (non-hydrogen) atoms. The highest BCUT2D eigenvalue weighted by molar-refractivity contribution is 6.05. The third-order valence-electron chi connectivity index (χ3n) is 3.59. The number of carbonyl (C=O) groups excluding carboxylic acids is 2. The van der Waals surface area contributed by atoms with Gasteiger partial charge in [-0.3, -0.25) is 4.79 Å². The highest BCUT2D eigenvalue weighted by Gasteiger charge is 2.22. The van der Waals surface area contributed by atoms with Gasteiger partial charge in [-0.15, -0.1) is 0 Å². The Labute approximate surface area is 135 Å². The number of amides is 1. The molecule has 0 spiro atoms. The Balaban J connectivity index is 2.27. The number of rotatable bonds is 7. The van der Waals surface area contributed by atoms with Gasteiger partial charge in [0, 0.05) is 18.7 Å². The van der Waals surface area contributed by atoms with Gasteiger partial charge in [0.15, 0.2) is 0 Å². The van der Waals surface area contributed by atoms with Crippen LogP contribution in [-0.2, 0) is 11.3 Å². The fraction of sp³-hybridized carbons (Fsp3) is 0.333. The summed E-state index contributed by atoms with van der Waals surface area (Å²) < 4.78 is 9.84. The Kier molecular flexibility index (Phi) is 5.97. The van der Waals surface area contributed by atoms with E-state index in [1.165, 1.54) is 7.11 Å². The molecule has 0 N–H and O–H groups in total. The molecule has 0 aliphatic carbocycles. The van der Waals surface area contributed by atoms with Crippen LogP contribution in [0.3, 0.4) is 0 Å². The third kappa shape index (κ3) is 4.22. The smallest absolute Gasteiger partial charge is 0.338 e. The summed E-state index contributed by atoms with van der Waals surface area (Å²) in [6.45, 7) is 3.14. The van der Waals surface area contributed by atoms with Crippen molar-refractivity contribution in [2.75, 3.05) is 13.7 Å². The molecule has 1 aromatic heterocycles. The van der Waals surface area contributed by atoms with Gasteiger partial charge in [-0.05, 0) is 24.6 Å². The molecule has 2 aromatic rings. The van der Waals surface area contributed by atoms with E-state index in [1.807, 2.05) is 6.07 Å². The molecule has 0 aliphatic rings. The second-order valence-electron chi connectivity index (χ2n) is 5.25. The van der Waals surface area contributed by atoms with Crippen LogP contribution in [0.4, 0.5) is 0 Å². The number of methoxy groups -OCH3 is 1. The molecule has 5 nitrogen and oxygen atoms in total. The van der Waals surface area contributed by atoms with Crippen molar-refractivity contribution < 1.29 is 18.7 Å². The highest BCUT2D eigenvalue weighted by atomic mass is 16.5. The van der Waals surface area contributed by atoms with E-state index < -0.39 is 5.97 Å². The average Bonchev–Trinajstić information content (AvgIpc) is 3.10. The molecule has 1 amide bonds. The number of hydrogen-bond acceptors (Lipinski definition) is 4. The van der Waals surface area contributed by atoms with Gasteiger partial charge in [0.1, 0.15) is 0 Å². The number of esters is 1. The minimum absolute atomic E-state index is 0.180. The minimum atomic E-state index is -0.507. The summed E-state index contributed by atoms with van der Waals surface area (Å²) in [5.41, 5.74) is 1.57. The van der Waals surface area contributed by atoms with E-state index in [0.717, 1.165) is 18.4 Å². The Morgan fingerprint density at radius 2 is 1.91 bits per heavy atom. The van der Waals surface area contributed by atoms with Crippen molar-refractivity contribution in [2.45, 2.75) is 26.3 Å². The molecule has 0 saturated carbocycles. The topological polar surface area (TPSA) is 59.8 Å². The van der Waals surface area contributed by atoms with E-state index in [1.54, 1.807) is 41.7 Å². The summed E-state index contributed by atoms with van der Waals surface area (Å²) in [4.78, 5) is 26.5. The maximum atomic E-state index is 12.9. The lowest BCUT2D eigenvalue weighted by molar-refractivity contribution is 0.0589. The van der Waals surface area contributed by atoms with Crippen LogP contribution in [-0.4, -0.2) is 30.4 Å². The van der Waals surface area contributed by atoms with Crippen LogP contribution in [0.1, 0.15) is 46.0 Å². The molecule has 0 atom stereocenters. The van der Waals surface area contributed by atoms with E-state index in [9.17, 15) is 9.59 Å². The first kappa shape index (κ1) is 16.8. The lowest BCUT2D eigenvalue weighted by Gasteiger charge is -2.23. The maximum Gasteiger partial charge on any atom is 0.338 e. The zero-order valence-electron chi connectivity index (χ0n) is 13.5. The standard InChI is InChI=1S/C18H21NO4/c1-3-4-10-19(12-14-9-11-23-13-14)17(20)15-7-5-6-8-16(15)18(21)22-2/h5-9,11,13H,3-4,10,12H2,1-2H3. The quantitative estimate of drug-likeness (QED) is 0.734. The molecule has 0 radical (unpaired) electrons. The van der Waals surface area contributed by atoms with Crippen LogP contribution in [0.2, 0.25) is 0 Å². The molecule has 1 aromatic carbocycles. The van der Waals surface area contributed by atoms with Crippen LogP contribution in [0.15, 0.2) is 47.3 Å². The summed E-state index contributed by atoms with van der Waals surface area (Å²) in [5, 5.41) is 0. The maximum absolute atomic E-state index is 12.9. The van der Waals surface area contributed by atoms with Crippen molar-refractivity contribution in [3.8, 4) is 0 Å². The molecular formula is C18H21NO4. The van der Waals surface area contributed by atoms with Crippen molar-refractivity contribution in [3.63, 3.8) is 0 Å². The van der Waals surface area contributed by atoms with Crippen molar-refractivity contribution in [3.05, 3.63) is 59.5 Å². The normalized spacial score (nSPS) is 10.3. The van der Waals surface area contributed by atoms with Crippen molar-refractivity contribution in [1.82, 2.24) is 4.90 Å². The number of hydrogen-bond donors (Lipinski definition) is 0. The summed E-state index contributed by atoms with van der Waals surface area (Å²) in [6, 6.07) is 8.56. The first-order valence-electron chi connectivity index (χ1n) is 7.65. The number of benzene rings is 1. The van der Waals surface area contributed by atoms with Crippen LogP contribution in [0.25, 0.3) is 0 Å². The molecule has 0 bridgehead atoms. The van der Waals surface area contributed by atoms with Crippen LogP contribution < -0.4 is 0 Å². The van der Waals surface area contributed by atoms with E-state index in [0.29, 0.717) is 18.7 Å². The minimum Gasteiger partial charge on any atom is -0.472 e. The van der Waals surface area contributed by atoms with Crippen LogP contribution in [0, 0.1) is 0 Å². The zero-order chi connectivity index (χ0) is 16.7. The number of nitrogens with zero attached hydrogens (tertiary/aromatic N) is 1. The Morgan fingerprint density at radius 1 is 1.17 bits per heavy atom. The molecule has 122 valence electrons. The van der Waals surface area contributed by atoms with E-state index in [-0.39, 0.29) is 11.5 Å². The highest BCUT2D eigenvalue weighted by Crippen LogP contribution is 2.16. The van der Waals surface area contributed by atoms with Crippen LogP contribution in [0.5, 0.6) is 0 Å². The van der Waals surface area contributed by atoms with Gasteiger partial charge in [0.25, 0.3) is 5.91 Å². The Morgan fingerprint density at radius 3 is 2.52 bits per heavy atom. The van der Waals surface area contributed by atoms with Gasteiger partial charge >= 0.3 is 5.97 Å². The summed E-state index contributed by atoms with van der Waals surface area (Å²) in [5.74, 6) is -0.687. The summed E-state index contributed by atoms with van der Waals surface area (Å²) >= 11 is 0.